The first kappa shape index (κ1) is 30.4. The van der Waals surface area contributed by atoms with Crippen LogP contribution in [-0.4, -0.2) is 12.6 Å². The Morgan fingerprint density at radius 2 is 1.48 bits per heavy atom. The minimum absolute atomic E-state index is 0.123. The van der Waals surface area contributed by atoms with E-state index in [0.717, 1.165) is 29.9 Å². The molecule has 2 nitrogen and oxygen atoms in total. The smallest absolute Gasteiger partial charge is 0.0469 e. The van der Waals surface area contributed by atoms with Crippen molar-refractivity contribution < 1.29 is 0 Å². The second-order valence-electron chi connectivity index (χ2n) is 14.0. The number of aryl methyl sites for hydroxylation is 1. The zero-order valence-corrected chi connectivity index (χ0v) is 28.0. The lowest BCUT2D eigenvalue weighted by atomic mass is 9.66. The van der Waals surface area contributed by atoms with Crippen LogP contribution in [0.3, 0.4) is 0 Å². The van der Waals surface area contributed by atoms with E-state index < -0.39 is 5.54 Å². The van der Waals surface area contributed by atoms with Gasteiger partial charge < -0.3 is 10.6 Å². The molecule has 2 N–H and O–H groups in total. The number of allylic oxidation sites excluding steroid dienone is 7. The summed E-state index contributed by atoms with van der Waals surface area (Å²) in [5.41, 5.74) is 15.0. The lowest BCUT2D eigenvalue weighted by molar-refractivity contribution is 0.345. The fourth-order valence-electron chi connectivity index (χ4n) is 7.54. The van der Waals surface area contributed by atoms with Gasteiger partial charge in [-0.25, -0.2) is 0 Å². The van der Waals surface area contributed by atoms with Crippen LogP contribution >= 0.6 is 11.6 Å². The molecule has 0 bridgehead atoms. The molecule has 4 aromatic rings. The van der Waals surface area contributed by atoms with Crippen LogP contribution in [0.5, 0.6) is 0 Å². The van der Waals surface area contributed by atoms with E-state index in [4.69, 9.17) is 17.3 Å². The van der Waals surface area contributed by atoms with Gasteiger partial charge in [-0.05, 0) is 94.6 Å². The maximum absolute atomic E-state index is 7.17. The Kier molecular flexibility index (Phi) is 7.67. The predicted molar refractivity (Wildman–Crippen MR) is 192 cm³/mol. The molecule has 0 amide bonds. The molecule has 0 spiro atoms. The van der Waals surface area contributed by atoms with Gasteiger partial charge in [0.25, 0.3) is 0 Å². The normalized spacial score (nSPS) is 20.3. The first-order chi connectivity index (χ1) is 20.8. The van der Waals surface area contributed by atoms with Crippen molar-refractivity contribution in [3.63, 3.8) is 0 Å². The van der Waals surface area contributed by atoms with Crippen molar-refractivity contribution >= 4 is 38.8 Å². The zero-order chi connectivity index (χ0) is 31.4. The highest BCUT2D eigenvalue weighted by Crippen LogP contribution is 2.50. The molecule has 1 heterocycles. The van der Waals surface area contributed by atoms with Crippen molar-refractivity contribution in [2.45, 2.75) is 77.2 Å². The number of rotatable bonds is 5. The fraction of sp³-hybridized carbons (Fsp3) is 0.317. The van der Waals surface area contributed by atoms with E-state index in [-0.39, 0.29) is 10.8 Å². The first-order valence-electron chi connectivity index (χ1n) is 15.9. The first-order valence-corrected chi connectivity index (χ1v) is 16.3. The van der Waals surface area contributed by atoms with Gasteiger partial charge in [0.1, 0.15) is 0 Å². The fourth-order valence-corrected chi connectivity index (χ4v) is 7.86. The van der Waals surface area contributed by atoms with Gasteiger partial charge in [-0.3, -0.25) is 0 Å². The van der Waals surface area contributed by atoms with E-state index in [1.807, 2.05) is 0 Å². The molecule has 1 aliphatic heterocycles. The minimum Gasteiger partial charge on any atom is -0.347 e. The second kappa shape index (κ2) is 11.1. The van der Waals surface area contributed by atoms with E-state index >= 15 is 0 Å². The van der Waals surface area contributed by atoms with E-state index in [9.17, 15) is 0 Å². The maximum Gasteiger partial charge on any atom is 0.0469 e. The van der Waals surface area contributed by atoms with E-state index in [2.05, 4.69) is 151 Å². The molecule has 1 aliphatic carbocycles. The number of anilines is 1. The Labute approximate surface area is 268 Å². The van der Waals surface area contributed by atoms with Crippen molar-refractivity contribution in [2.24, 2.45) is 5.73 Å². The van der Waals surface area contributed by atoms with Gasteiger partial charge in [0.05, 0.1) is 0 Å². The van der Waals surface area contributed by atoms with Crippen LogP contribution in [0.15, 0.2) is 119 Å². The summed E-state index contributed by atoms with van der Waals surface area (Å²) in [4.78, 5) is 2.34. The van der Waals surface area contributed by atoms with Gasteiger partial charge in [0, 0.05) is 39.8 Å². The largest absolute Gasteiger partial charge is 0.347 e. The molecule has 0 saturated carbocycles. The van der Waals surface area contributed by atoms with Crippen LogP contribution in [0, 0.1) is 6.92 Å². The standard InChI is InChI=1S/C41H45ClN2/c1-27-19-20-28-13-8-10-17-32(28)36(27)40(4,5)41(6,43)26-25-31-16-12-15-30(38(31)42)22-24-35-39(2,3)37-33-18-11-9-14-29(33)21-23-34(37)44(35)7/h8-11,13-14,17-26H,12,15-16,43H2,1-7H3/b26-25+,30-22+,35-24-. The summed E-state index contributed by atoms with van der Waals surface area (Å²) in [5, 5.41) is 5.99. The van der Waals surface area contributed by atoms with Crippen molar-refractivity contribution in [2.75, 3.05) is 11.9 Å². The highest BCUT2D eigenvalue weighted by molar-refractivity contribution is 6.32. The van der Waals surface area contributed by atoms with Gasteiger partial charge in [-0.15, -0.1) is 0 Å². The molecule has 0 saturated heterocycles. The van der Waals surface area contributed by atoms with Gasteiger partial charge in [0.2, 0.25) is 0 Å². The van der Waals surface area contributed by atoms with Crippen LogP contribution in [0.4, 0.5) is 5.69 Å². The second-order valence-corrected chi connectivity index (χ2v) is 14.4. The molecule has 44 heavy (non-hydrogen) atoms. The third-order valence-electron chi connectivity index (χ3n) is 10.5. The monoisotopic (exact) mass is 600 g/mol. The van der Waals surface area contributed by atoms with Crippen LogP contribution in [-0.2, 0) is 10.8 Å². The Morgan fingerprint density at radius 3 is 2.20 bits per heavy atom. The number of benzene rings is 4. The van der Waals surface area contributed by atoms with Gasteiger partial charge >= 0.3 is 0 Å². The quantitative estimate of drug-likeness (QED) is 0.247. The number of nitrogens with zero attached hydrogens (tertiary/aromatic N) is 1. The van der Waals surface area contributed by atoms with E-state index in [1.54, 1.807) is 0 Å². The highest BCUT2D eigenvalue weighted by Gasteiger charge is 2.40. The SMILES string of the molecule is Cc1ccc2ccccc2c1C(C)(C)C(C)(N)/C=C/C1=C(Cl)C(=C/C=C2\N(C)c3ccc4ccccc4c3C2(C)C)/CCC1. The number of hydrogen-bond acceptors (Lipinski definition) is 2. The molecule has 1 unspecified atom stereocenters. The predicted octanol–water partition coefficient (Wildman–Crippen LogP) is 10.8. The van der Waals surface area contributed by atoms with Gasteiger partial charge in [-0.2, -0.15) is 0 Å². The molecular formula is C41H45ClN2. The molecule has 4 aromatic carbocycles. The lowest BCUT2D eigenvalue weighted by Gasteiger charge is -2.41. The number of fused-ring (bicyclic) bond motifs is 4. The van der Waals surface area contributed by atoms with E-state index in [0.29, 0.717) is 0 Å². The van der Waals surface area contributed by atoms with Crippen LogP contribution in [0.25, 0.3) is 21.5 Å². The Balaban J connectivity index is 1.32. The molecule has 2 aliphatic rings. The molecule has 0 aromatic heterocycles. The number of likely N-dealkylation sites (N-methyl/N-ethyl adjacent to an activating group) is 1. The molecular weight excluding hydrogens is 556 g/mol. The van der Waals surface area contributed by atoms with Crippen molar-refractivity contribution in [1.29, 1.82) is 0 Å². The van der Waals surface area contributed by atoms with Gasteiger partial charge in [0.15, 0.2) is 0 Å². The Hall–Kier alpha value is -3.59. The van der Waals surface area contributed by atoms with Gasteiger partial charge in [-0.1, -0.05) is 124 Å². The third kappa shape index (κ3) is 4.93. The average Bonchev–Trinajstić information content (AvgIpc) is 3.19. The molecule has 6 rings (SSSR count). The Morgan fingerprint density at radius 1 is 0.841 bits per heavy atom. The number of halogens is 1. The van der Waals surface area contributed by atoms with Crippen LogP contribution in [0.2, 0.25) is 0 Å². The highest BCUT2D eigenvalue weighted by atomic mass is 35.5. The molecule has 226 valence electrons. The molecule has 0 radical (unpaired) electrons. The molecule has 1 atom stereocenters. The Bertz CT molecular complexity index is 1900. The van der Waals surface area contributed by atoms with Crippen molar-refractivity contribution in [3.8, 4) is 0 Å². The maximum atomic E-state index is 7.17. The number of hydrogen-bond donors (Lipinski definition) is 1. The summed E-state index contributed by atoms with van der Waals surface area (Å²) < 4.78 is 0. The van der Waals surface area contributed by atoms with E-state index in [1.165, 1.54) is 55.2 Å². The average molecular weight is 601 g/mol. The van der Waals surface area contributed by atoms with Crippen LogP contribution < -0.4 is 10.6 Å². The molecule has 3 heteroatoms. The zero-order valence-electron chi connectivity index (χ0n) is 27.3. The summed E-state index contributed by atoms with van der Waals surface area (Å²) in [7, 11) is 2.18. The van der Waals surface area contributed by atoms with Crippen molar-refractivity contribution in [1.82, 2.24) is 0 Å². The summed E-state index contributed by atoms with van der Waals surface area (Å²) in [5.74, 6) is 0. The summed E-state index contributed by atoms with van der Waals surface area (Å²) in [6.07, 6.45) is 11.9. The van der Waals surface area contributed by atoms with Crippen LogP contribution in [0.1, 0.15) is 70.6 Å². The third-order valence-corrected chi connectivity index (χ3v) is 11.0. The van der Waals surface area contributed by atoms with Crippen molar-refractivity contribution in [3.05, 3.63) is 136 Å². The topological polar surface area (TPSA) is 29.3 Å². The summed E-state index contributed by atoms with van der Waals surface area (Å²) in [6.45, 7) is 13.5. The summed E-state index contributed by atoms with van der Waals surface area (Å²) >= 11 is 7.15. The number of nitrogens with two attached hydrogens (primary N) is 1. The molecule has 0 fully saturated rings. The lowest BCUT2D eigenvalue weighted by Crippen LogP contribution is -2.51. The summed E-state index contributed by atoms with van der Waals surface area (Å²) in [6, 6.07) is 26.2. The minimum atomic E-state index is -0.597.